The third kappa shape index (κ3) is 17.1. The fourth-order valence-corrected chi connectivity index (χ4v) is 1.66. The van der Waals surface area contributed by atoms with E-state index in [1.54, 1.807) is 0 Å². The van der Waals surface area contributed by atoms with E-state index in [4.69, 9.17) is 13.0 Å². The zero-order chi connectivity index (χ0) is 14.6. The normalized spacial score (nSPS) is 10.7. The van der Waals surface area contributed by atoms with Crippen LogP contribution in [0.2, 0.25) is 0 Å². The minimum absolute atomic E-state index is 0.604. The molecule has 0 aliphatic rings. The molecule has 4 nitrogen and oxygen atoms in total. The van der Waals surface area contributed by atoms with Crippen LogP contribution in [0.25, 0.3) is 0 Å². The van der Waals surface area contributed by atoms with Crippen LogP contribution in [0.4, 0.5) is 0 Å². The standard InChI is InChI=1S/C13H22N.CH4O3S/c1-2-3-4-5-6-8-11-14-12-9-7-10-13-14;1-5(2,3)4/h7,9-10,12-13H,2-6,8,11H2,1H3;1H3,(H,2,3,4)/q+1;/p-1. The maximum Gasteiger partial charge on any atom is 0.168 e. The highest BCUT2D eigenvalue weighted by molar-refractivity contribution is 7.84. The number of hydrogen-bond acceptors (Lipinski definition) is 3. The van der Waals surface area contributed by atoms with Crippen LogP contribution in [0.3, 0.4) is 0 Å². The molecule has 0 aliphatic heterocycles. The molecule has 0 aliphatic carbocycles. The molecule has 5 heteroatoms. The summed E-state index contributed by atoms with van der Waals surface area (Å²) in [5, 5.41) is 0. The largest absolute Gasteiger partial charge is 0.748 e. The molecule has 0 atom stereocenters. The van der Waals surface area contributed by atoms with Crippen molar-refractivity contribution in [3.05, 3.63) is 30.6 Å². The van der Waals surface area contributed by atoms with E-state index in [0.717, 1.165) is 0 Å². The third-order valence-corrected chi connectivity index (χ3v) is 2.55. The molecule has 1 aromatic heterocycles. The van der Waals surface area contributed by atoms with Crippen LogP contribution < -0.4 is 4.57 Å². The topological polar surface area (TPSA) is 61.1 Å². The Morgan fingerprint density at radius 2 is 1.42 bits per heavy atom. The van der Waals surface area contributed by atoms with Crippen molar-refractivity contribution < 1.29 is 17.5 Å². The molecule has 19 heavy (non-hydrogen) atoms. The second-order valence-electron chi connectivity index (χ2n) is 4.59. The smallest absolute Gasteiger partial charge is 0.168 e. The van der Waals surface area contributed by atoms with Gasteiger partial charge in [-0.3, -0.25) is 0 Å². The van der Waals surface area contributed by atoms with Crippen molar-refractivity contribution in [2.75, 3.05) is 6.26 Å². The summed E-state index contributed by atoms with van der Waals surface area (Å²) in [6.07, 6.45) is 13.1. The first kappa shape index (κ1) is 18.1. The molecule has 1 rings (SSSR count). The van der Waals surface area contributed by atoms with Crippen molar-refractivity contribution in [1.82, 2.24) is 0 Å². The lowest BCUT2D eigenvalue weighted by Gasteiger charge is -1.98. The summed E-state index contributed by atoms with van der Waals surface area (Å²) < 4.78 is 29.5. The van der Waals surface area contributed by atoms with E-state index in [0.29, 0.717) is 6.26 Å². The van der Waals surface area contributed by atoms with Crippen molar-refractivity contribution in [2.24, 2.45) is 0 Å². The summed E-state index contributed by atoms with van der Waals surface area (Å²) in [5.74, 6) is 0. The van der Waals surface area contributed by atoms with Crippen LogP contribution >= 0.6 is 0 Å². The highest BCUT2D eigenvalue weighted by atomic mass is 32.2. The number of hydrogen-bond donors (Lipinski definition) is 0. The minimum atomic E-state index is -3.92. The first-order valence-electron chi connectivity index (χ1n) is 6.78. The Balaban J connectivity index is 0.000000555. The summed E-state index contributed by atoms with van der Waals surface area (Å²) in [7, 11) is -3.92. The first-order chi connectivity index (χ1) is 8.93. The lowest BCUT2D eigenvalue weighted by atomic mass is 10.1. The van der Waals surface area contributed by atoms with Gasteiger partial charge in [0.1, 0.15) is 6.54 Å². The maximum atomic E-state index is 9.08. The van der Waals surface area contributed by atoms with Gasteiger partial charge in [0, 0.05) is 24.8 Å². The fourth-order valence-electron chi connectivity index (χ4n) is 1.66. The van der Waals surface area contributed by atoms with Gasteiger partial charge in [0.15, 0.2) is 12.4 Å². The van der Waals surface area contributed by atoms with Crippen LogP contribution in [0, 0.1) is 0 Å². The Morgan fingerprint density at radius 3 is 1.95 bits per heavy atom. The molecular formula is C14H25NO3S. The molecule has 0 saturated carbocycles. The van der Waals surface area contributed by atoms with Crippen molar-refractivity contribution >= 4 is 10.1 Å². The molecule has 1 heterocycles. The highest BCUT2D eigenvalue weighted by Gasteiger charge is 1.96. The number of rotatable bonds is 7. The molecule has 0 amide bonds. The second kappa shape index (κ2) is 10.9. The third-order valence-electron chi connectivity index (χ3n) is 2.55. The Bertz CT molecular complexity index is 396. The zero-order valence-electron chi connectivity index (χ0n) is 11.9. The van der Waals surface area contributed by atoms with Gasteiger partial charge in [0.05, 0.1) is 10.1 Å². The van der Waals surface area contributed by atoms with Crippen LogP contribution in [0.1, 0.15) is 45.4 Å². The molecule has 0 radical (unpaired) electrons. The van der Waals surface area contributed by atoms with Gasteiger partial charge in [-0.05, 0) is 6.42 Å². The van der Waals surface area contributed by atoms with Gasteiger partial charge in [-0.1, -0.05) is 38.7 Å². The van der Waals surface area contributed by atoms with E-state index in [1.807, 2.05) is 0 Å². The van der Waals surface area contributed by atoms with Gasteiger partial charge in [-0.15, -0.1) is 0 Å². The monoisotopic (exact) mass is 287 g/mol. The number of unbranched alkanes of at least 4 members (excludes halogenated alkanes) is 5. The van der Waals surface area contributed by atoms with Crippen LogP contribution in [0.15, 0.2) is 30.6 Å². The number of aromatic nitrogens is 1. The maximum absolute atomic E-state index is 9.08. The SMILES string of the molecule is CCCCCCCC[n+]1ccccc1.CS(=O)(=O)[O-]. The van der Waals surface area contributed by atoms with Gasteiger partial charge in [0.2, 0.25) is 0 Å². The molecule has 0 bridgehead atoms. The van der Waals surface area contributed by atoms with Crippen LogP contribution in [-0.4, -0.2) is 19.2 Å². The quantitative estimate of drug-likeness (QED) is 0.440. The van der Waals surface area contributed by atoms with E-state index in [1.165, 1.54) is 45.1 Å². The van der Waals surface area contributed by atoms with Gasteiger partial charge >= 0.3 is 0 Å². The molecule has 0 aromatic carbocycles. The predicted octanol–water partition coefficient (Wildman–Crippen LogP) is 2.50. The van der Waals surface area contributed by atoms with Gasteiger partial charge in [0.25, 0.3) is 0 Å². The molecular weight excluding hydrogens is 262 g/mol. The summed E-state index contributed by atoms with van der Waals surface area (Å²) in [4.78, 5) is 0. The van der Waals surface area contributed by atoms with Crippen LogP contribution in [-0.2, 0) is 16.7 Å². The van der Waals surface area contributed by atoms with E-state index < -0.39 is 10.1 Å². The van der Waals surface area contributed by atoms with E-state index in [9.17, 15) is 0 Å². The van der Waals surface area contributed by atoms with Crippen LogP contribution in [0.5, 0.6) is 0 Å². The summed E-state index contributed by atoms with van der Waals surface area (Å²) >= 11 is 0. The van der Waals surface area contributed by atoms with E-state index in [-0.39, 0.29) is 0 Å². The van der Waals surface area contributed by atoms with E-state index >= 15 is 0 Å². The predicted molar refractivity (Wildman–Crippen MR) is 75.6 cm³/mol. The van der Waals surface area contributed by atoms with Crippen molar-refractivity contribution in [1.29, 1.82) is 0 Å². The number of nitrogens with zero attached hydrogens (tertiary/aromatic N) is 1. The molecule has 0 spiro atoms. The van der Waals surface area contributed by atoms with Crippen molar-refractivity contribution in [3.8, 4) is 0 Å². The molecule has 0 saturated heterocycles. The molecule has 110 valence electrons. The lowest BCUT2D eigenvalue weighted by Crippen LogP contribution is -2.32. The van der Waals surface area contributed by atoms with E-state index in [2.05, 4.69) is 42.1 Å². The van der Waals surface area contributed by atoms with Crippen molar-refractivity contribution in [2.45, 2.75) is 52.0 Å². The fraction of sp³-hybridized carbons (Fsp3) is 0.643. The second-order valence-corrected chi connectivity index (χ2v) is 5.99. The Kier molecular flexibility index (Phi) is 10.4. The Morgan fingerprint density at radius 1 is 0.947 bits per heavy atom. The molecule has 0 unspecified atom stereocenters. The molecule has 0 fully saturated rings. The molecule has 1 aromatic rings. The van der Waals surface area contributed by atoms with Gasteiger partial charge < -0.3 is 4.55 Å². The average molecular weight is 287 g/mol. The Hall–Kier alpha value is -0.940. The van der Waals surface area contributed by atoms with Crippen molar-refractivity contribution in [3.63, 3.8) is 0 Å². The first-order valence-corrected chi connectivity index (χ1v) is 8.60. The minimum Gasteiger partial charge on any atom is -0.748 e. The summed E-state index contributed by atoms with van der Waals surface area (Å²) in [6, 6.07) is 6.26. The Labute approximate surface area is 117 Å². The highest BCUT2D eigenvalue weighted by Crippen LogP contribution is 2.04. The average Bonchev–Trinajstić information content (AvgIpc) is 2.33. The number of pyridine rings is 1. The lowest BCUT2D eigenvalue weighted by molar-refractivity contribution is -0.697. The molecule has 0 N–H and O–H groups in total. The summed E-state index contributed by atoms with van der Waals surface area (Å²) in [6.45, 7) is 3.44. The van der Waals surface area contributed by atoms with Gasteiger partial charge in [-0.25, -0.2) is 13.0 Å². The van der Waals surface area contributed by atoms with Gasteiger partial charge in [-0.2, -0.15) is 0 Å². The zero-order valence-corrected chi connectivity index (χ0v) is 12.7. The summed E-state index contributed by atoms with van der Waals surface area (Å²) in [5.41, 5.74) is 0. The number of aryl methyl sites for hydroxylation is 1.